The van der Waals surface area contributed by atoms with E-state index in [1.165, 1.54) is 21.2 Å². The number of aromatic nitrogens is 3. The van der Waals surface area contributed by atoms with Crippen LogP contribution in [0.25, 0.3) is 33.4 Å². The Labute approximate surface area is 390 Å². The molecule has 5 amide bonds. The third kappa shape index (κ3) is 9.42. The van der Waals surface area contributed by atoms with Crippen LogP contribution in [-0.2, 0) is 48.0 Å². The van der Waals surface area contributed by atoms with Crippen LogP contribution in [0.3, 0.4) is 0 Å². The van der Waals surface area contributed by atoms with E-state index < -0.39 is 41.3 Å². The molecule has 7 heterocycles. The molecule has 354 valence electrons. The summed E-state index contributed by atoms with van der Waals surface area (Å²) < 4.78 is 14.2. The van der Waals surface area contributed by atoms with Crippen LogP contribution in [0.2, 0.25) is 0 Å². The van der Waals surface area contributed by atoms with Crippen molar-refractivity contribution in [2.75, 3.05) is 54.0 Å². The number of nitrogens with one attached hydrogen (secondary N) is 3. The number of amides is 5. The van der Waals surface area contributed by atoms with Gasteiger partial charge in [-0.25, -0.2) is 15.2 Å². The van der Waals surface area contributed by atoms with Crippen molar-refractivity contribution in [1.29, 1.82) is 0 Å². The number of likely N-dealkylation sites (N-methyl/N-ethyl adjacent to an activating group) is 2. The van der Waals surface area contributed by atoms with Crippen molar-refractivity contribution in [1.82, 2.24) is 50.3 Å². The van der Waals surface area contributed by atoms with Gasteiger partial charge in [-0.3, -0.25) is 29.2 Å². The number of cyclic esters (lactones) is 1. The number of aryl methyl sites for hydroxylation is 1. The highest BCUT2D eigenvalue weighted by Gasteiger charge is 2.43. The van der Waals surface area contributed by atoms with Gasteiger partial charge in [0.15, 0.2) is 0 Å². The van der Waals surface area contributed by atoms with Crippen molar-refractivity contribution < 1.29 is 33.4 Å². The van der Waals surface area contributed by atoms with Gasteiger partial charge in [0.2, 0.25) is 11.8 Å². The fourth-order valence-electron chi connectivity index (χ4n) is 9.60. The maximum Gasteiger partial charge on any atom is 0.324 e. The van der Waals surface area contributed by atoms with Crippen LogP contribution in [0.15, 0.2) is 41.9 Å². The molecule has 6 bridgehead atoms. The second-order valence-electron chi connectivity index (χ2n) is 19.3. The van der Waals surface area contributed by atoms with E-state index in [-0.39, 0.29) is 49.1 Å². The minimum absolute atomic E-state index is 0.0107. The fourth-order valence-corrected chi connectivity index (χ4v) is 10.5. The van der Waals surface area contributed by atoms with E-state index in [4.69, 9.17) is 19.4 Å². The summed E-state index contributed by atoms with van der Waals surface area (Å²) in [6.45, 7) is 14.6. The first kappa shape index (κ1) is 47.1. The molecule has 0 radical (unpaired) electrons. The second-order valence-corrected chi connectivity index (χ2v) is 20.3. The van der Waals surface area contributed by atoms with Gasteiger partial charge in [-0.2, -0.15) is 0 Å². The predicted molar refractivity (Wildman–Crippen MR) is 251 cm³/mol. The Hall–Kier alpha value is -5.43. The van der Waals surface area contributed by atoms with Gasteiger partial charge in [0.25, 0.3) is 5.91 Å². The van der Waals surface area contributed by atoms with Crippen molar-refractivity contribution in [2.24, 2.45) is 11.3 Å². The Morgan fingerprint density at radius 2 is 1.88 bits per heavy atom. The zero-order chi connectivity index (χ0) is 47.2. The molecule has 5 atom stereocenters. The van der Waals surface area contributed by atoms with E-state index >= 15 is 0 Å². The van der Waals surface area contributed by atoms with Crippen molar-refractivity contribution in [3.8, 4) is 22.5 Å². The highest BCUT2D eigenvalue weighted by molar-refractivity contribution is 7.10. The summed E-state index contributed by atoms with van der Waals surface area (Å²) >= 11 is 1.41. The number of hydrogen-bond donors (Lipinski definition) is 3. The van der Waals surface area contributed by atoms with Gasteiger partial charge in [-0.05, 0) is 68.9 Å². The van der Waals surface area contributed by atoms with E-state index in [2.05, 4.69) is 65.7 Å². The normalized spacial score (nSPS) is 22.0. The average Bonchev–Trinajstić information content (AvgIpc) is 3.96. The average molecular weight is 925 g/mol. The molecule has 3 fully saturated rings. The number of methoxy groups -OCH3 is 1. The Morgan fingerprint density at radius 3 is 2.58 bits per heavy atom. The lowest BCUT2D eigenvalue weighted by Gasteiger charge is -2.46. The van der Waals surface area contributed by atoms with Gasteiger partial charge < -0.3 is 39.4 Å². The van der Waals surface area contributed by atoms with Crippen LogP contribution in [-0.4, -0.2) is 148 Å². The van der Waals surface area contributed by atoms with Gasteiger partial charge in [-0.1, -0.05) is 33.8 Å². The summed E-state index contributed by atoms with van der Waals surface area (Å²) in [6, 6.07) is 7.03. The SMILES string of the molecule is CCn1c(-c2cccnc2[C@H](C)OC)c2c3cc(ccc31)-c1csc(n1)C[C@H](NC(=O)C(C(C)C)N(C)C(=O)N1CC(N(C)C(=O)[C@@H]3CN3)C1)C(=O)N1CCC[C@H](N1)C(=O)OCC(C)(C)C2. The van der Waals surface area contributed by atoms with Crippen LogP contribution in [0.1, 0.15) is 76.8 Å². The molecule has 4 aromatic rings. The number of likely N-dealkylation sites (tertiary alicyclic amines) is 1. The first-order chi connectivity index (χ1) is 31.5. The summed E-state index contributed by atoms with van der Waals surface area (Å²) in [7, 11) is 5.04. The molecule has 0 spiro atoms. The quantitative estimate of drug-likeness (QED) is 0.151. The van der Waals surface area contributed by atoms with E-state index in [0.29, 0.717) is 57.0 Å². The third-order valence-corrected chi connectivity index (χ3v) is 14.4. The number of nitrogens with zero attached hydrogens (tertiary/aromatic N) is 7. The van der Waals surface area contributed by atoms with Gasteiger partial charge in [0.1, 0.15) is 18.1 Å². The molecule has 4 aliphatic rings. The fraction of sp³-hybridized carbons (Fsp3) is 0.562. The maximum absolute atomic E-state index is 14.6. The summed E-state index contributed by atoms with van der Waals surface area (Å²) in [5, 5.41) is 11.1. The topological polar surface area (TPSA) is 193 Å². The smallest absolute Gasteiger partial charge is 0.324 e. The number of fused-ring (bicyclic) bond motifs is 6. The number of hydrazine groups is 1. The molecular weight excluding hydrogens is 861 g/mol. The lowest BCUT2D eigenvalue weighted by Crippen LogP contribution is -2.66. The Bertz CT molecular complexity index is 2490. The molecule has 8 rings (SSSR count). The monoisotopic (exact) mass is 924 g/mol. The van der Waals surface area contributed by atoms with Crippen LogP contribution < -0.4 is 16.1 Å². The van der Waals surface area contributed by atoms with Crippen LogP contribution in [0.5, 0.6) is 0 Å². The van der Waals surface area contributed by atoms with Crippen LogP contribution in [0.4, 0.5) is 4.79 Å². The molecule has 17 nitrogen and oxygen atoms in total. The minimum Gasteiger partial charge on any atom is -0.464 e. The number of carbonyl (C=O) groups excluding carboxylic acids is 5. The molecule has 1 aromatic carbocycles. The largest absolute Gasteiger partial charge is 0.464 e. The summed E-state index contributed by atoms with van der Waals surface area (Å²) in [4.78, 5) is 84.0. The third-order valence-electron chi connectivity index (χ3n) is 13.5. The van der Waals surface area contributed by atoms with Gasteiger partial charge in [-0.15, -0.1) is 11.3 Å². The van der Waals surface area contributed by atoms with Crippen molar-refractivity contribution >= 4 is 52.0 Å². The Balaban J connectivity index is 1.12. The summed E-state index contributed by atoms with van der Waals surface area (Å²) in [5.74, 6) is -1.66. The number of urea groups is 1. The van der Waals surface area contributed by atoms with Gasteiger partial charge >= 0.3 is 12.0 Å². The number of esters is 1. The minimum atomic E-state index is -1.08. The number of rotatable bonds is 10. The standard InChI is InChI=1S/C48H64N10O7S/c1-10-57-38-16-15-29-19-32(38)33(42(57)31-13-11-17-49-40(31)28(4)64-9)21-48(5,6)26-65-46(62)34-14-12-18-58(53-34)45(61)35(20-39-51-37(29)25-66-39)52-43(59)41(27(2)3)55(8)47(63)56-23-30(24-56)54(7)44(60)36-22-50-36/h11,13,15-17,19,25,27-28,30,34-36,41,50,53H,10,12,14,18,20-24,26H2,1-9H3,(H,52,59)/t28-,34-,35-,36-,41?/m0/s1. The van der Waals surface area contributed by atoms with Crippen LogP contribution in [0, 0.1) is 11.3 Å². The molecule has 3 aromatic heterocycles. The van der Waals surface area contributed by atoms with E-state index in [0.717, 1.165) is 44.7 Å². The molecule has 0 saturated carbocycles. The molecule has 18 heteroatoms. The Morgan fingerprint density at radius 1 is 1.12 bits per heavy atom. The molecule has 3 saturated heterocycles. The number of carbonyl (C=O) groups is 5. The molecule has 1 unspecified atom stereocenters. The molecule has 3 N–H and O–H groups in total. The lowest BCUT2D eigenvalue weighted by molar-refractivity contribution is -0.155. The number of benzene rings is 1. The lowest BCUT2D eigenvalue weighted by atomic mass is 9.84. The first-order valence-electron chi connectivity index (χ1n) is 23.1. The van der Waals surface area contributed by atoms with E-state index in [9.17, 15) is 24.0 Å². The number of hydrogen-bond acceptors (Lipinski definition) is 12. The number of thiazole rings is 1. The second kappa shape index (κ2) is 19.1. The van der Waals surface area contributed by atoms with Gasteiger partial charge in [0.05, 0.1) is 46.9 Å². The Kier molecular flexibility index (Phi) is 13.6. The molecular formula is C48H64N10O7S. The van der Waals surface area contributed by atoms with Crippen molar-refractivity contribution in [3.63, 3.8) is 0 Å². The number of ether oxygens (including phenoxy) is 2. The molecule has 4 aliphatic heterocycles. The maximum atomic E-state index is 14.6. The van der Waals surface area contributed by atoms with Gasteiger partial charge in [0, 0.05) is 99.4 Å². The molecule has 0 aliphatic carbocycles. The molecule has 66 heavy (non-hydrogen) atoms. The van der Waals surface area contributed by atoms with Crippen molar-refractivity contribution in [3.05, 3.63) is 58.2 Å². The zero-order valence-electron chi connectivity index (χ0n) is 39.6. The van der Waals surface area contributed by atoms with E-state index in [1.807, 2.05) is 32.2 Å². The zero-order valence-corrected chi connectivity index (χ0v) is 40.4. The summed E-state index contributed by atoms with van der Waals surface area (Å²) in [5.41, 5.74) is 9.27. The van der Waals surface area contributed by atoms with Crippen LogP contribution >= 0.6 is 11.3 Å². The first-order valence-corrected chi connectivity index (χ1v) is 24.0. The predicted octanol–water partition coefficient (Wildman–Crippen LogP) is 4.39. The summed E-state index contributed by atoms with van der Waals surface area (Å²) in [6.07, 6.45) is 3.20. The van der Waals surface area contributed by atoms with E-state index in [1.54, 1.807) is 37.2 Å². The van der Waals surface area contributed by atoms with Crippen molar-refractivity contribution in [2.45, 2.75) is 110 Å². The highest BCUT2D eigenvalue weighted by Crippen LogP contribution is 2.42. The highest BCUT2D eigenvalue weighted by atomic mass is 32.1. The number of pyridine rings is 1.